The summed E-state index contributed by atoms with van der Waals surface area (Å²) in [4.78, 5) is 7.15. The molecule has 66 valence electrons. The molecule has 12 heavy (non-hydrogen) atoms. The highest BCUT2D eigenvalue weighted by Crippen LogP contribution is 1.95. The van der Waals surface area contributed by atoms with Gasteiger partial charge in [-0.15, -0.1) is 0 Å². The van der Waals surface area contributed by atoms with Crippen LogP contribution in [0.5, 0.6) is 0 Å². The summed E-state index contributed by atoms with van der Waals surface area (Å²) in [6.07, 6.45) is 3.58. The molecule has 0 aliphatic heterocycles. The largest absolute Gasteiger partial charge is 0.385 e. The average Bonchev–Trinajstić information content (AvgIpc) is 2.05. The van der Waals surface area contributed by atoms with Crippen molar-refractivity contribution in [2.75, 3.05) is 13.7 Å². The van der Waals surface area contributed by atoms with E-state index in [0.717, 1.165) is 29.9 Å². The molecule has 0 saturated carbocycles. The lowest BCUT2D eigenvalue weighted by Crippen LogP contribution is -1.97. The molecule has 1 heterocycles. The Hall–Kier alpha value is -0.740. The lowest BCUT2D eigenvalue weighted by molar-refractivity contribution is 0.194. The van der Waals surface area contributed by atoms with Crippen molar-refractivity contribution >= 4 is 12.2 Å². The van der Waals surface area contributed by atoms with Gasteiger partial charge in [0.25, 0.3) is 0 Å². The molecule has 0 aromatic carbocycles. The van der Waals surface area contributed by atoms with Crippen molar-refractivity contribution in [3.05, 3.63) is 22.7 Å². The Labute approximate surface area is 76.8 Å². The van der Waals surface area contributed by atoms with E-state index in [1.807, 2.05) is 0 Å². The van der Waals surface area contributed by atoms with Crippen molar-refractivity contribution in [2.45, 2.75) is 12.8 Å². The fraction of sp³-hybridized carbons (Fsp3) is 0.500. The molecule has 1 aromatic heterocycles. The predicted octanol–water partition coefficient (Wildman–Crippen LogP) is 1.72. The molecule has 0 atom stereocenters. The third-order valence-electron chi connectivity index (χ3n) is 1.49. The van der Waals surface area contributed by atoms with E-state index >= 15 is 0 Å². The Bertz CT molecular complexity index is 284. The van der Waals surface area contributed by atoms with E-state index in [2.05, 4.69) is 9.97 Å². The van der Waals surface area contributed by atoms with Gasteiger partial charge in [0.15, 0.2) is 0 Å². The fourth-order valence-electron chi connectivity index (χ4n) is 0.922. The van der Waals surface area contributed by atoms with Gasteiger partial charge in [-0.3, -0.25) is 0 Å². The molecule has 3 nitrogen and oxygen atoms in total. The molecule has 1 aromatic rings. The Balaban J connectivity index is 2.47. The molecule has 1 rings (SSSR count). The van der Waals surface area contributed by atoms with E-state index in [1.165, 1.54) is 0 Å². The maximum Gasteiger partial charge on any atom is 0.107 e. The van der Waals surface area contributed by atoms with E-state index < -0.39 is 0 Å². The summed E-state index contributed by atoms with van der Waals surface area (Å²) in [5.74, 6) is 0.930. The Kier molecular flexibility index (Phi) is 3.90. The van der Waals surface area contributed by atoms with Crippen LogP contribution in [0.1, 0.15) is 12.2 Å². The lowest BCUT2D eigenvalue weighted by atomic mass is 10.3. The van der Waals surface area contributed by atoms with Crippen molar-refractivity contribution in [3.8, 4) is 0 Å². The topological polar surface area (TPSA) is 37.9 Å². The highest BCUT2D eigenvalue weighted by atomic mass is 32.1. The first-order valence-corrected chi connectivity index (χ1v) is 4.27. The SMILES string of the molecule is COCCCc1nccc(=S)[nH]1. The third kappa shape index (κ3) is 3.11. The highest BCUT2D eigenvalue weighted by molar-refractivity contribution is 7.71. The van der Waals surface area contributed by atoms with Crippen molar-refractivity contribution in [2.24, 2.45) is 0 Å². The molecule has 0 bridgehead atoms. The molecule has 0 amide bonds. The zero-order valence-corrected chi connectivity index (χ0v) is 7.86. The van der Waals surface area contributed by atoms with E-state index in [1.54, 1.807) is 19.4 Å². The second-order valence-electron chi connectivity index (χ2n) is 2.48. The standard InChI is InChI=1S/C8H12N2OS/c1-11-6-2-3-7-9-5-4-8(12)10-7/h4-5H,2-3,6H2,1H3,(H,9,10,12). The van der Waals surface area contributed by atoms with Crippen LogP contribution in [0.15, 0.2) is 12.3 Å². The molecular formula is C8H12N2OS. The minimum absolute atomic E-state index is 0.734. The number of H-pyrrole nitrogens is 1. The van der Waals surface area contributed by atoms with Gasteiger partial charge < -0.3 is 9.72 Å². The third-order valence-corrected chi connectivity index (χ3v) is 1.72. The second kappa shape index (κ2) is 5.00. The monoisotopic (exact) mass is 184 g/mol. The van der Waals surface area contributed by atoms with E-state index in [9.17, 15) is 0 Å². The summed E-state index contributed by atoms with van der Waals surface area (Å²) >= 11 is 4.95. The van der Waals surface area contributed by atoms with Crippen molar-refractivity contribution in [1.29, 1.82) is 0 Å². The minimum Gasteiger partial charge on any atom is -0.385 e. The molecule has 0 aliphatic carbocycles. The van der Waals surface area contributed by atoms with Gasteiger partial charge in [-0.25, -0.2) is 4.98 Å². The number of ether oxygens (including phenoxy) is 1. The van der Waals surface area contributed by atoms with Crippen molar-refractivity contribution < 1.29 is 4.74 Å². The maximum atomic E-state index is 4.95. The normalized spacial score (nSPS) is 10.1. The van der Waals surface area contributed by atoms with Gasteiger partial charge in [-0.1, -0.05) is 12.2 Å². The number of aromatic amines is 1. The first kappa shape index (κ1) is 9.35. The van der Waals surface area contributed by atoms with Crippen LogP contribution >= 0.6 is 12.2 Å². The highest BCUT2D eigenvalue weighted by Gasteiger charge is 1.92. The molecule has 0 aliphatic rings. The Morgan fingerprint density at radius 2 is 2.50 bits per heavy atom. The zero-order chi connectivity index (χ0) is 8.81. The number of rotatable bonds is 4. The van der Waals surface area contributed by atoms with Crippen LogP contribution in [0.3, 0.4) is 0 Å². The molecule has 0 radical (unpaired) electrons. The van der Waals surface area contributed by atoms with Crippen LogP contribution in [0.25, 0.3) is 0 Å². The quantitative estimate of drug-likeness (QED) is 0.572. The van der Waals surface area contributed by atoms with Crippen LogP contribution in [0.2, 0.25) is 0 Å². The number of methoxy groups -OCH3 is 1. The number of aryl methyl sites for hydroxylation is 1. The predicted molar refractivity (Wildman–Crippen MR) is 49.6 cm³/mol. The van der Waals surface area contributed by atoms with E-state index in [0.29, 0.717) is 0 Å². The number of nitrogens with zero attached hydrogens (tertiary/aromatic N) is 1. The Morgan fingerprint density at radius 3 is 3.17 bits per heavy atom. The first-order chi connectivity index (χ1) is 5.83. The smallest absolute Gasteiger partial charge is 0.107 e. The van der Waals surface area contributed by atoms with Gasteiger partial charge in [-0.2, -0.15) is 0 Å². The van der Waals surface area contributed by atoms with Gasteiger partial charge in [-0.05, 0) is 12.5 Å². The number of nitrogens with one attached hydrogen (secondary N) is 1. The number of hydrogen-bond acceptors (Lipinski definition) is 3. The Morgan fingerprint density at radius 1 is 1.67 bits per heavy atom. The molecule has 0 fully saturated rings. The van der Waals surface area contributed by atoms with Gasteiger partial charge in [0, 0.05) is 26.3 Å². The van der Waals surface area contributed by atoms with Gasteiger partial charge in [0.1, 0.15) is 10.5 Å². The molecular weight excluding hydrogens is 172 g/mol. The van der Waals surface area contributed by atoms with Crippen molar-refractivity contribution in [1.82, 2.24) is 9.97 Å². The fourth-order valence-corrected chi connectivity index (χ4v) is 1.10. The van der Waals surface area contributed by atoms with Crippen LogP contribution in [0.4, 0.5) is 0 Å². The van der Waals surface area contributed by atoms with Crippen LogP contribution in [-0.4, -0.2) is 23.7 Å². The molecule has 0 saturated heterocycles. The zero-order valence-electron chi connectivity index (χ0n) is 7.04. The first-order valence-electron chi connectivity index (χ1n) is 3.86. The molecule has 0 spiro atoms. The summed E-state index contributed by atoms with van der Waals surface area (Å²) in [5, 5.41) is 0. The summed E-state index contributed by atoms with van der Waals surface area (Å²) in [7, 11) is 1.70. The van der Waals surface area contributed by atoms with Crippen molar-refractivity contribution in [3.63, 3.8) is 0 Å². The van der Waals surface area contributed by atoms with Crippen LogP contribution in [0, 0.1) is 4.64 Å². The van der Waals surface area contributed by atoms with Gasteiger partial charge in [0.2, 0.25) is 0 Å². The van der Waals surface area contributed by atoms with Crippen LogP contribution < -0.4 is 0 Å². The van der Waals surface area contributed by atoms with E-state index in [4.69, 9.17) is 17.0 Å². The summed E-state index contributed by atoms with van der Waals surface area (Å²) in [5.41, 5.74) is 0. The van der Waals surface area contributed by atoms with Gasteiger partial charge in [0.05, 0.1) is 0 Å². The summed E-state index contributed by atoms with van der Waals surface area (Å²) < 4.78 is 5.66. The molecule has 0 unspecified atom stereocenters. The molecule has 4 heteroatoms. The lowest BCUT2D eigenvalue weighted by Gasteiger charge is -1.98. The maximum absolute atomic E-state index is 4.95. The summed E-state index contributed by atoms with van der Waals surface area (Å²) in [6.45, 7) is 0.761. The van der Waals surface area contributed by atoms with Gasteiger partial charge >= 0.3 is 0 Å². The molecule has 1 N–H and O–H groups in total. The minimum atomic E-state index is 0.734. The van der Waals surface area contributed by atoms with E-state index in [-0.39, 0.29) is 0 Å². The average molecular weight is 184 g/mol. The summed E-state index contributed by atoms with van der Waals surface area (Å²) in [6, 6.07) is 1.77. The number of hydrogen-bond donors (Lipinski definition) is 1. The second-order valence-corrected chi connectivity index (χ2v) is 2.92. The number of aromatic nitrogens is 2. The van der Waals surface area contributed by atoms with Crippen LogP contribution in [-0.2, 0) is 11.2 Å².